The minimum Gasteiger partial charge on any atom is -0.355 e. The first-order valence-corrected chi connectivity index (χ1v) is 3.73. The summed E-state index contributed by atoms with van der Waals surface area (Å²) < 4.78 is 0. The number of aliphatic imine (C=N–C) groups is 1. The van der Waals surface area contributed by atoms with Gasteiger partial charge in [0.15, 0.2) is 0 Å². The molecule has 0 saturated carbocycles. The van der Waals surface area contributed by atoms with Gasteiger partial charge in [-0.25, -0.2) is 0 Å². The molecule has 66 valence electrons. The largest absolute Gasteiger partial charge is 0.355 e. The lowest BCUT2D eigenvalue weighted by molar-refractivity contribution is -0.116. The van der Waals surface area contributed by atoms with Gasteiger partial charge in [-0.3, -0.25) is 9.79 Å². The molecule has 0 bridgehead atoms. The van der Waals surface area contributed by atoms with E-state index in [0.717, 1.165) is 0 Å². The van der Waals surface area contributed by atoms with E-state index in [2.05, 4.69) is 10.3 Å². The average Bonchev–Trinajstić information content (AvgIpc) is 2.11. The third-order valence-corrected chi connectivity index (χ3v) is 1.23. The zero-order valence-corrected chi connectivity index (χ0v) is 7.66. The zero-order chi connectivity index (χ0) is 9.40. The number of nitrogens with zero attached hydrogens (tertiary/aromatic N) is 1. The van der Waals surface area contributed by atoms with E-state index in [0.29, 0.717) is 5.57 Å². The van der Waals surface area contributed by atoms with Crippen molar-refractivity contribution in [3.05, 3.63) is 23.8 Å². The number of allylic oxidation sites excluding steroid dienone is 3. The molecule has 0 aliphatic rings. The molecule has 0 spiro atoms. The Hall–Kier alpha value is -1.38. The molecule has 0 unspecified atom stereocenters. The second-order valence-electron chi connectivity index (χ2n) is 2.11. The Morgan fingerprint density at radius 1 is 1.50 bits per heavy atom. The van der Waals surface area contributed by atoms with Crippen molar-refractivity contribution in [3.63, 3.8) is 0 Å². The number of carbonyl (C=O) groups excluding carboxylic acids is 1. The van der Waals surface area contributed by atoms with Gasteiger partial charge in [-0.15, -0.1) is 0 Å². The SMILES string of the molecule is C/C=C/C=C(\C=NC)C(=O)NC. The number of likely N-dealkylation sites (N-methyl/N-ethyl adjacent to an activating group) is 1. The highest BCUT2D eigenvalue weighted by Gasteiger charge is 2.00. The summed E-state index contributed by atoms with van der Waals surface area (Å²) in [7, 11) is 3.22. The second kappa shape index (κ2) is 6.34. The Morgan fingerprint density at radius 2 is 2.17 bits per heavy atom. The van der Waals surface area contributed by atoms with E-state index in [1.807, 2.05) is 13.0 Å². The topological polar surface area (TPSA) is 41.5 Å². The summed E-state index contributed by atoms with van der Waals surface area (Å²) in [6, 6.07) is 0. The third-order valence-electron chi connectivity index (χ3n) is 1.23. The van der Waals surface area contributed by atoms with Crippen LogP contribution in [0.15, 0.2) is 28.8 Å². The molecule has 0 radical (unpaired) electrons. The number of rotatable bonds is 3. The highest BCUT2D eigenvalue weighted by atomic mass is 16.1. The van der Waals surface area contributed by atoms with Gasteiger partial charge in [-0.2, -0.15) is 0 Å². The highest BCUT2D eigenvalue weighted by molar-refractivity contribution is 6.12. The van der Waals surface area contributed by atoms with Gasteiger partial charge < -0.3 is 5.32 Å². The number of nitrogens with one attached hydrogen (secondary N) is 1. The summed E-state index contributed by atoms with van der Waals surface area (Å²) in [5.41, 5.74) is 0.554. The van der Waals surface area contributed by atoms with E-state index in [4.69, 9.17) is 0 Å². The predicted molar refractivity (Wildman–Crippen MR) is 51.4 cm³/mol. The van der Waals surface area contributed by atoms with E-state index < -0.39 is 0 Å². The van der Waals surface area contributed by atoms with E-state index in [9.17, 15) is 4.79 Å². The molecular formula is C9H14N2O. The molecule has 12 heavy (non-hydrogen) atoms. The van der Waals surface area contributed by atoms with Crippen molar-refractivity contribution in [1.82, 2.24) is 5.32 Å². The van der Waals surface area contributed by atoms with Crippen LogP contribution in [0.25, 0.3) is 0 Å². The fourth-order valence-corrected chi connectivity index (χ4v) is 0.661. The van der Waals surface area contributed by atoms with Crippen molar-refractivity contribution >= 4 is 12.1 Å². The monoisotopic (exact) mass is 166 g/mol. The molecule has 0 rings (SSSR count). The molecule has 0 fully saturated rings. The summed E-state index contributed by atoms with van der Waals surface area (Å²) in [4.78, 5) is 14.9. The summed E-state index contributed by atoms with van der Waals surface area (Å²) in [6.45, 7) is 1.89. The maximum Gasteiger partial charge on any atom is 0.252 e. The van der Waals surface area contributed by atoms with Crippen LogP contribution in [-0.2, 0) is 4.79 Å². The minimum atomic E-state index is -0.126. The summed E-state index contributed by atoms with van der Waals surface area (Å²) >= 11 is 0. The van der Waals surface area contributed by atoms with Gasteiger partial charge in [-0.05, 0) is 13.0 Å². The molecule has 0 atom stereocenters. The average molecular weight is 166 g/mol. The van der Waals surface area contributed by atoms with Gasteiger partial charge in [0, 0.05) is 20.3 Å². The van der Waals surface area contributed by atoms with Crippen molar-refractivity contribution in [1.29, 1.82) is 0 Å². The van der Waals surface area contributed by atoms with Gasteiger partial charge >= 0.3 is 0 Å². The van der Waals surface area contributed by atoms with Crippen molar-refractivity contribution in [2.75, 3.05) is 14.1 Å². The molecule has 3 nitrogen and oxygen atoms in total. The molecule has 0 aliphatic heterocycles. The lowest BCUT2D eigenvalue weighted by Crippen LogP contribution is -2.20. The van der Waals surface area contributed by atoms with Gasteiger partial charge in [0.2, 0.25) is 0 Å². The van der Waals surface area contributed by atoms with Crippen LogP contribution in [0.5, 0.6) is 0 Å². The van der Waals surface area contributed by atoms with Crippen LogP contribution >= 0.6 is 0 Å². The molecule has 3 heteroatoms. The smallest absolute Gasteiger partial charge is 0.252 e. The standard InChI is InChI=1S/C9H14N2O/c1-4-5-6-8(7-10-2)9(12)11-3/h4-7H,1-3H3,(H,11,12)/b5-4+,8-6+,10-7?. The first-order chi connectivity index (χ1) is 5.76. The van der Waals surface area contributed by atoms with Crippen LogP contribution in [-0.4, -0.2) is 26.2 Å². The van der Waals surface area contributed by atoms with E-state index >= 15 is 0 Å². The number of carbonyl (C=O) groups is 1. The van der Waals surface area contributed by atoms with Crippen LogP contribution < -0.4 is 5.32 Å². The fourth-order valence-electron chi connectivity index (χ4n) is 0.661. The normalized spacial score (nSPS) is 12.8. The first-order valence-electron chi connectivity index (χ1n) is 3.73. The van der Waals surface area contributed by atoms with E-state index in [1.165, 1.54) is 6.21 Å². The first kappa shape index (κ1) is 10.6. The van der Waals surface area contributed by atoms with Crippen LogP contribution in [0.3, 0.4) is 0 Å². The maximum absolute atomic E-state index is 11.1. The molecular weight excluding hydrogens is 152 g/mol. The Kier molecular flexibility index (Phi) is 5.61. The zero-order valence-electron chi connectivity index (χ0n) is 7.66. The van der Waals surface area contributed by atoms with E-state index in [1.54, 1.807) is 26.2 Å². The van der Waals surface area contributed by atoms with Gasteiger partial charge in [0.25, 0.3) is 5.91 Å². The van der Waals surface area contributed by atoms with Crippen LogP contribution in [0.2, 0.25) is 0 Å². The number of hydrogen-bond donors (Lipinski definition) is 1. The molecule has 0 aromatic carbocycles. The Balaban J connectivity index is 4.53. The number of amides is 1. The molecule has 1 amide bonds. The summed E-state index contributed by atoms with van der Waals surface area (Å²) in [5.74, 6) is -0.126. The van der Waals surface area contributed by atoms with E-state index in [-0.39, 0.29) is 5.91 Å². The minimum absolute atomic E-state index is 0.126. The van der Waals surface area contributed by atoms with Gasteiger partial charge in [0.1, 0.15) is 0 Å². The molecule has 1 N–H and O–H groups in total. The Labute approximate surface area is 72.9 Å². The molecule has 0 heterocycles. The molecule has 0 aromatic heterocycles. The lowest BCUT2D eigenvalue weighted by Gasteiger charge is -1.96. The van der Waals surface area contributed by atoms with Crippen LogP contribution in [0.1, 0.15) is 6.92 Å². The molecule has 0 aromatic rings. The fraction of sp³-hybridized carbons (Fsp3) is 0.333. The van der Waals surface area contributed by atoms with Crippen molar-refractivity contribution in [2.24, 2.45) is 4.99 Å². The summed E-state index contributed by atoms with van der Waals surface area (Å²) in [6.07, 6.45) is 6.89. The van der Waals surface area contributed by atoms with Crippen LogP contribution in [0, 0.1) is 0 Å². The second-order valence-corrected chi connectivity index (χ2v) is 2.11. The van der Waals surface area contributed by atoms with Crippen LogP contribution in [0.4, 0.5) is 0 Å². The summed E-state index contributed by atoms with van der Waals surface area (Å²) in [5, 5.41) is 2.53. The molecule has 0 saturated heterocycles. The maximum atomic E-state index is 11.1. The highest BCUT2D eigenvalue weighted by Crippen LogP contribution is 1.91. The Bertz CT molecular complexity index is 227. The predicted octanol–water partition coefficient (Wildman–Crippen LogP) is 0.935. The lowest BCUT2D eigenvalue weighted by atomic mass is 10.2. The third kappa shape index (κ3) is 3.71. The molecule has 0 aliphatic carbocycles. The van der Waals surface area contributed by atoms with Crippen molar-refractivity contribution < 1.29 is 4.79 Å². The van der Waals surface area contributed by atoms with Crippen molar-refractivity contribution in [2.45, 2.75) is 6.92 Å². The van der Waals surface area contributed by atoms with Gasteiger partial charge in [0.05, 0.1) is 5.57 Å². The van der Waals surface area contributed by atoms with Crippen molar-refractivity contribution in [3.8, 4) is 0 Å². The number of hydrogen-bond acceptors (Lipinski definition) is 2. The Morgan fingerprint density at radius 3 is 2.58 bits per heavy atom. The quantitative estimate of drug-likeness (QED) is 0.378. The van der Waals surface area contributed by atoms with Gasteiger partial charge in [-0.1, -0.05) is 12.2 Å².